The second kappa shape index (κ2) is 5.28. The Balaban J connectivity index is 2.06. The molecule has 2 aromatic rings. The van der Waals surface area contributed by atoms with Crippen molar-refractivity contribution in [3.8, 4) is 0 Å². The summed E-state index contributed by atoms with van der Waals surface area (Å²) in [6.45, 7) is 5.47. The summed E-state index contributed by atoms with van der Waals surface area (Å²) >= 11 is 0. The molecule has 1 atom stereocenters. The predicted octanol–water partition coefficient (Wildman–Crippen LogP) is 1.89. The minimum Gasteiger partial charge on any atom is -0.467 e. The summed E-state index contributed by atoms with van der Waals surface area (Å²) < 4.78 is 12.2. The lowest BCUT2D eigenvalue weighted by Crippen LogP contribution is -2.29. The molecule has 7 heteroatoms. The van der Waals surface area contributed by atoms with Crippen molar-refractivity contribution in [1.29, 1.82) is 0 Å². The molecule has 0 radical (unpaired) electrons. The lowest BCUT2D eigenvalue weighted by Gasteiger charge is -2.26. The van der Waals surface area contributed by atoms with E-state index in [1.807, 2.05) is 0 Å². The second-order valence-electron chi connectivity index (χ2n) is 4.50. The van der Waals surface area contributed by atoms with Crippen molar-refractivity contribution >= 4 is 11.9 Å². The van der Waals surface area contributed by atoms with Gasteiger partial charge in [-0.05, 0) is 19.1 Å². The van der Waals surface area contributed by atoms with Crippen LogP contribution in [0.4, 0.5) is 5.95 Å². The molecule has 0 aliphatic carbocycles. The summed E-state index contributed by atoms with van der Waals surface area (Å²) in [5.41, 5.74) is 1.09. The van der Waals surface area contributed by atoms with E-state index < -0.39 is 12.0 Å². The third kappa shape index (κ3) is 2.22. The number of nitrogens with one attached hydrogen (secondary N) is 1. The van der Waals surface area contributed by atoms with E-state index in [4.69, 9.17) is 9.15 Å². The highest BCUT2D eigenvalue weighted by Gasteiger charge is 2.35. The smallest absolute Gasteiger partial charge is 0.338 e. The third-order valence-corrected chi connectivity index (χ3v) is 3.16. The zero-order valence-electron chi connectivity index (χ0n) is 11.4. The molecular weight excluding hydrogens is 272 g/mol. The molecule has 0 bridgehead atoms. The van der Waals surface area contributed by atoms with Gasteiger partial charge in [0.15, 0.2) is 0 Å². The van der Waals surface area contributed by atoms with Gasteiger partial charge in [0, 0.05) is 5.70 Å². The van der Waals surface area contributed by atoms with Crippen molar-refractivity contribution in [2.24, 2.45) is 0 Å². The van der Waals surface area contributed by atoms with Crippen molar-refractivity contribution in [2.75, 3.05) is 11.9 Å². The number of aromatic nitrogens is 3. The first-order chi connectivity index (χ1) is 10.2. The maximum absolute atomic E-state index is 12.3. The summed E-state index contributed by atoms with van der Waals surface area (Å²) in [6.07, 6.45) is 4.49. The maximum atomic E-state index is 12.3. The second-order valence-corrected chi connectivity index (χ2v) is 4.50. The topological polar surface area (TPSA) is 82.2 Å². The predicted molar refractivity (Wildman–Crippen MR) is 74.3 cm³/mol. The Bertz CT molecular complexity index is 700. The van der Waals surface area contributed by atoms with E-state index in [2.05, 4.69) is 22.0 Å². The molecule has 2 aromatic heterocycles. The largest absolute Gasteiger partial charge is 0.467 e. The Kier molecular flexibility index (Phi) is 3.31. The quantitative estimate of drug-likeness (QED) is 0.682. The monoisotopic (exact) mass is 286 g/mol. The fourth-order valence-corrected chi connectivity index (χ4v) is 2.28. The molecule has 1 aliphatic rings. The van der Waals surface area contributed by atoms with Gasteiger partial charge in [0.25, 0.3) is 0 Å². The van der Waals surface area contributed by atoms with Gasteiger partial charge in [0.05, 0.1) is 11.8 Å². The number of carbonyl (C=O) groups excluding carboxylic acids is 1. The number of ether oxygens (including phenoxy) is 1. The molecule has 1 N–H and O–H groups in total. The van der Waals surface area contributed by atoms with Crippen molar-refractivity contribution in [3.05, 3.63) is 54.4 Å². The summed E-state index contributed by atoms with van der Waals surface area (Å²) in [5, 5.41) is 7.20. The van der Waals surface area contributed by atoms with E-state index in [1.165, 1.54) is 12.4 Å². The molecular formula is C14H14N4O3. The molecule has 0 spiro atoms. The van der Waals surface area contributed by atoms with E-state index >= 15 is 0 Å². The zero-order valence-corrected chi connectivity index (χ0v) is 11.4. The highest BCUT2D eigenvalue weighted by Crippen LogP contribution is 2.35. The van der Waals surface area contributed by atoms with Crippen LogP contribution in [0.1, 0.15) is 18.7 Å². The van der Waals surface area contributed by atoms with Gasteiger partial charge in [-0.1, -0.05) is 12.7 Å². The average Bonchev–Trinajstić information content (AvgIpc) is 3.13. The van der Waals surface area contributed by atoms with Crippen molar-refractivity contribution < 1.29 is 13.9 Å². The lowest BCUT2D eigenvalue weighted by atomic mass is 10.0. The van der Waals surface area contributed by atoms with Crippen LogP contribution in [0, 0.1) is 0 Å². The summed E-state index contributed by atoms with van der Waals surface area (Å²) in [6, 6.07) is 3.04. The number of allylic oxidation sites excluding steroid dienone is 1. The van der Waals surface area contributed by atoms with Crippen LogP contribution in [0.2, 0.25) is 0 Å². The van der Waals surface area contributed by atoms with Crippen LogP contribution >= 0.6 is 0 Å². The van der Waals surface area contributed by atoms with Crippen LogP contribution in [-0.2, 0) is 9.53 Å². The number of furan rings is 1. The van der Waals surface area contributed by atoms with Gasteiger partial charge in [-0.3, -0.25) is 0 Å². The molecule has 0 saturated heterocycles. The first-order valence-electron chi connectivity index (χ1n) is 6.41. The number of nitrogens with zero attached hydrogens (tertiary/aromatic N) is 3. The average molecular weight is 286 g/mol. The number of fused-ring (bicyclic) bond motifs is 1. The number of carbonyl (C=O) groups is 1. The normalized spacial score (nSPS) is 17.1. The molecule has 1 aliphatic heterocycles. The standard InChI is InChI=1S/C14H14N4O3/c1-3-6-21-13(19)11-9(2)17-14-15-8-16-18(14)12(11)10-5-4-7-20-10/h3-5,7-8,12H,1,6H2,2H3,(H,15,16,17). The molecule has 0 saturated carbocycles. The molecule has 1 unspecified atom stereocenters. The van der Waals surface area contributed by atoms with Gasteiger partial charge in [-0.15, -0.1) is 0 Å². The first-order valence-corrected chi connectivity index (χ1v) is 6.41. The zero-order chi connectivity index (χ0) is 14.8. The van der Waals surface area contributed by atoms with E-state index in [-0.39, 0.29) is 6.61 Å². The molecule has 21 heavy (non-hydrogen) atoms. The van der Waals surface area contributed by atoms with Crippen LogP contribution in [0.25, 0.3) is 0 Å². The molecule has 3 rings (SSSR count). The van der Waals surface area contributed by atoms with Crippen LogP contribution in [0.5, 0.6) is 0 Å². The van der Waals surface area contributed by atoms with Crippen LogP contribution in [0.3, 0.4) is 0 Å². The molecule has 0 fully saturated rings. The van der Waals surface area contributed by atoms with E-state index in [1.54, 1.807) is 30.0 Å². The highest BCUT2D eigenvalue weighted by molar-refractivity contribution is 5.92. The molecule has 0 aromatic carbocycles. The summed E-state index contributed by atoms with van der Waals surface area (Å²) in [5.74, 6) is 0.699. The van der Waals surface area contributed by atoms with E-state index in [0.29, 0.717) is 23.0 Å². The van der Waals surface area contributed by atoms with Gasteiger partial charge in [-0.2, -0.15) is 10.1 Å². The van der Waals surface area contributed by atoms with Gasteiger partial charge in [0.1, 0.15) is 24.7 Å². The van der Waals surface area contributed by atoms with Gasteiger partial charge < -0.3 is 14.5 Å². The molecule has 0 amide bonds. The molecule has 7 nitrogen and oxygen atoms in total. The highest BCUT2D eigenvalue weighted by atomic mass is 16.5. The first kappa shape index (κ1) is 13.2. The number of hydrogen-bond donors (Lipinski definition) is 1. The van der Waals surface area contributed by atoms with E-state index in [0.717, 1.165) is 0 Å². The van der Waals surface area contributed by atoms with Crippen LogP contribution < -0.4 is 5.32 Å². The summed E-state index contributed by atoms with van der Waals surface area (Å²) in [4.78, 5) is 16.5. The van der Waals surface area contributed by atoms with Crippen LogP contribution in [0.15, 0.2) is 53.1 Å². The van der Waals surface area contributed by atoms with Gasteiger partial charge in [-0.25, -0.2) is 9.48 Å². The number of hydrogen-bond acceptors (Lipinski definition) is 6. The van der Waals surface area contributed by atoms with Gasteiger partial charge >= 0.3 is 5.97 Å². The Labute approximate surface area is 120 Å². The lowest BCUT2D eigenvalue weighted by molar-refractivity contribution is -0.138. The van der Waals surface area contributed by atoms with Crippen molar-refractivity contribution in [1.82, 2.24) is 14.8 Å². The number of rotatable bonds is 4. The van der Waals surface area contributed by atoms with E-state index in [9.17, 15) is 4.79 Å². The maximum Gasteiger partial charge on any atom is 0.338 e. The summed E-state index contributed by atoms with van der Waals surface area (Å²) in [7, 11) is 0. The minimum absolute atomic E-state index is 0.144. The van der Waals surface area contributed by atoms with Crippen molar-refractivity contribution in [3.63, 3.8) is 0 Å². The number of anilines is 1. The Morgan fingerprint density at radius 1 is 1.67 bits per heavy atom. The fourth-order valence-electron chi connectivity index (χ4n) is 2.28. The minimum atomic E-state index is -0.504. The van der Waals surface area contributed by atoms with Crippen molar-refractivity contribution in [2.45, 2.75) is 13.0 Å². The van der Waals surface area contributed by atoms with Crippen LogP contribution in [-0.4, -0.2) is 27.3 Å². The third-order valence-electron chi connectivity index (χ3n) is 3.16. The SMILES string of the molecule is C=CCOC(=O)C1=C(C)Nc2ncnn2C1c1ccco1. The number of esters is 1. The van der Waals surface area contributed by atoms with Gasteiger partial charge in [0.2, 0.25) is 5.95 Å². The Hall–Kier alpha value is -2.83. The molecule has 108 valence electrons. The Morgan fingerprint density at radius 2 is 2.52 bits per heavy atom. The molecule has 3 heterocycles. The fraction of sp³-hybridized carbons (Fsp3) is 0.214. The Morgan fingerprint density at radius 3 is 3.24 bits per heavy atom.